The molecule has 0 radical (unpaired) electrons. The number of anilines is 1. The van der Waals surface area contributed by atoms with Crippen molar-refractivity contribution in [2.45, 2.75) is 39.2 Å². The van der Waals surface area contributed by atoms with Gasteiger partial charge in [0.05, 0.1) is 5.69 Å². The zero-order valence-electron chi connectivity index (χ0n) is 11.7. The molecule has 5 nitrogen and oxygen atoms in total. The Bertz CT molecular complexity index is 605. The molecule has 0 saturated carbocycles. The predicted molar refractivity (Wildman–Crippen MR) is 78.9 cm³/mol. The molecule has 0 aromatic carbocycles. The van der Waals surface area contributed by atoms with Gasteiger partial charge in [-0.3, -0.25) is 9.48 Å². The highest BCUT2D eigenvalue weighted by atomic mass is 32.1. The summed E-state index contributed by atoms with van der Waals surface area (Å²) in [6, 6.07) is 1.48. The van der Waals surface area contributed by atoms with E-state index in [2.05, 4.69) is 22.3 Å². The Balaban J connectivity index is 1.70. The van der Waals surface area contributed by atoms with Crippen LogP contribution in [0.2, 0.25) is 0 Å². The van der Waals surface area contributed by atoms with Crippen molar-refractivity contribution in [2.24, 2.45) is 5.92 Å². The molecule has 0 aliphatic heterocycles. The Morgan fingerprint density at radius 3 is 3.20 bits per heavy atom. The number of amides is 1. The van der Waals surface area contributed by atoms with Crippen LogP contribution in [0, 0.1) is 5.92 Å². The minimum atomic E-state index is -0.329. The van der Waals surface area contributed by atoms with Gasteiger partial charge in [-0.2, -0.15) is 5.10 Å². The SMILES string of the molecule is CC1CCc2nc(NC(=O)C(C)n3cccn3)sc2C1. The van der Waals surface area contributed by atoms with Crippen LogP contribution in [0.3, 0.4) is 0 Å². The number of rotatable bonds is 3. The van der Waals surface area contributed by atoms with Crippen molar-refractivity contribution in [1.29, 1.82) is 0 Å². The molecule has 1 aliphatic carbocycles. The summed E-state index contributed by atoms with van der Waals surface area (Å²) in [5.74, 6) is 0.641. The minimum absolute atomic E-state index is 0.0761. The number of fused-ring (bicyclic) bond motifs is 1. The van der Waals surface area contributed by atoms with Gasteiger partial charge < -0.3 is 5.32 Å². The molecule has 0 spiro atoms. The summed E-state index contributed by atoms with van der Waals surface area (Å²) >= 11 is 1.61. The van der Waals surface area contributed by atoms with Gasteiger partial charge in [0.25, 0.3) is 5.91 Å². The lowest BCUT2D eigenvalue weighted by Gasteiger charge is -2.15. The van der Waals surface area contributed by atoms with Gasteiger partial charge in [0.15, 0.2) is 5.13 Å². The number of hydrogen-bond acceptors (Lipinski definition) is 4. The molecular formula is C14H18N4OS. The van der Waals surface area contributed by atoms with Crippen LogP contribution in [-0.2, 0) is 17.6 Å². The third-order valence-corrected chi connectivity index (χ3v) is 4.75. The summed E-state index contributed by atoms with van der Waals surface area (Å²) in [6.07, 6.45) is 6.76. The Hall–Kier alpha value is -1.69. The van der Waals surface area contributed by atoms with Crippen LogP contribution in [0.15, 0.2) is 18.5 Å². The van der Waals surface area contributed by atoms with E-state index in [1.165, 1.54) is 11.3 Å². The molecule has 0 saturated heterocycles. The second-order valence-corrected chi connectivity index (χ2v) is 6.47. The van der Waals surface area contributed by atoms with Gasteiger partial charge in [-0.05, 0) is 38.2 Å². The van der Waals surface area contributed by atoms with Crippen molar-refractivity contribution >= 4 is 22.4 Å². The van der Waals surface area contributed by atoms with Crippen LogP contribution in [0.1, 0.15) is 36.9 Å². The number of nitrogens with one attached hydrogen (secondary N) is 1. The monoisotopic (exact) mass is 290 g/mol. The van der Waals surface area contributed by atoms with Gasteiger partial charge in [-0.25, -0.2) is 4.98 Å². The first kappa shape index (κ1) is 13.3. The largest absolute Gasteiger partial charge is 0.300 e. The molecular weight excluding hydrogens is 272 g/mol. The van der Waals surface area contributed by atoms with E-state index < -0.39 is 0 Å². The van der Waals surface area contributed by atoms with Gasteiger partial charge in [-0.15, -0.1) is 11.3 Å². The molecule has 0 fully saturated rings. The highest BCUT2D eigenvalue weighted by Crippen LogP contribution is 2.32. The average molecular weight is 290 g/mol. The Morgan fingerprint density at radius 1 is 1.60 bits per heavy atom. The first-order chi connectivity index (χ1) is 9.63. The second-order valence-electron chi connectivity index (χ2n) is 5.39. The third-order valence-electron chi connectivity index (χ3n) is 3.72. The fourth-order valence-corrected chi connectivity index (χ4v) is 3.61. The molecule has 106 valence electrons. The van der Waals surface area contributed by atoms with Crippen LogP contribution >= 0.6 is 11.3 Å². The topological polar surface area (TPSA) is 59.8 Å². The number of carbonyl (C=O) groups excluding carboxylic acids is 1. The van der Waals surface area contributed by atoms with Crippen molar-refractivity contribution in [2.75, 3.05) is 5.32 Å². The first-order valence-electron chi connectivity index (χ1n) is 6.92. The predicted octanol–water partition coefficient (Wildman–Crippen LogP) is 2.66. The zero-order valence-corrected chi connectivity index (χ0v) is 12.5. The van der Waals surface area contributed by atoms with E-state index in [0.29, 0.717) is 5.13 Å². The second kappa shape index (κ2) is 5.36. The molecule has 1 amide bonds. The quantitative estimate of drug-likeness (QED) is 0.945. The summed E-state index contributed by atoms with van der Waals surface area (Å²) in [6.45, 7) is 4.10. The lowest BCUT2D eigenvalue weighted by molar-refractivity contribution is -0.119. The van der Waals surface area contributed by atoms with E-state index in [4.69, 9.17) is 0 Å². The lowest BCUT2D eigenvalue weighted by atomic mass is 9.93. The molecule has 0 bridgehead atoms. The van der Waals surface area contributed by atoms with Crippen molar-refractivity contribution in [3.63, 3.8) is 0 Å². The van der Waals surface area contributed by atoms with Gasteiger partial charge in [-0.1, -0.05) is 6.92 Å². The van der Waals surface area contributed by atoms with E-state index in [1.807, 2.05) is 13.0 Å². The number of nitrogens with zero attached hydrogens (tertiary/aromatic N) is 3. The van der Waals surface area contributed by atoms with E-state index in [9.17, 15) is 4.79 Å². The van der Waals surface area contributed by atoms with E-state index >= 15 is 0 Å². The minimum Gasteiger partial charge on any atom is -0.300 e. The fraction of sp³-hybridized carbons (Fsp3) is 0.500. The van der Waals surface area contributed by atoms with Gasteiger partial charge in [0.1, 0.15) is 6.04 Å². The first-order valence-corrected chi connectivity index (χ1v) is 7.73. The Kier molecular flexibility index (Phi) is 3.56. The number of hydrogen-bond donors (Lipinski definition) is 1. The molecule has 2 atom stereocenters. The number of thiazole rings is 1. The average Bonchev–Trinajstić information content (AvgIpc) is 3.05. The third kappa shape index (κ3) is 2.60. The standard InChI is InChI=1S/C14H18N4OS/c1-9-4-5-11-12(8-9)20-14(16-11)17-13(19)10(2)18-7-3-6-15-18/h3,6-7,9-10H,4-5,8H2,1-2H3,(H,16,17,19). The van der Waals surface area contributed by atoms with E-state index in [-0.39, 0.29) is 11.9 Å². The zero-order chi connectivity index (χ0) is 14.1. The molecule has 2 heterocycles. The fourth-order valence-electron chi connectivity index (χ4n) is 2.43. The van der Waals surface area contributed by atoms with E-state index in [0.717, 1.165) is 24.5 Å². The van der Waals surface area contributed by atoms with Gasteiger partial charge >= 0.3 is 0 Å². The van der Waals surface area contributed by atoms with Crippen molar-refractivity contribution < 1.29 is 4.79 Å². The molecule has 6 heteroatoms. The highest BCUT2D eigenvalue weighted by Gasteiger charge is 2.22. The summed E-state index contributed by atoms with van der Waals surface area (Å²) in [5.41, 5.74) is 1.16. The van der Waals surface area contributed by atoms with Crippen LogP contribution in [-0.4, -0.2) is 20.7 Å². The molecule has 3 rings (SSSR count). The summed E-state index contributed by atoms with van der Waals surface area (Å²) in [5, 5.41) is 7.72. The smallest absolute Gasteiger partial charge is 0.250 e. The summed E-state index contributed by atoms with van der Waals surface area (Å²) in [7, 11) is 0. The molecule has 1 N–H and O–H groups in total. The lowest BCUT2D eigenvalue weighted by Crippen LogP contribution is -2.23. The maximum Gasteiger partial charge on any atom is 0.250 e. The van der Waals surface area contributed by atoms with Crippen LogP contribution in [0.25, 0.3) is 0 Å². The van der Waals surface area contributed by atoms with Crippen LogP contribution in [0.4, 0.5) is 5.13 Å². The van der Waals surface area contributed by atoms with E-state index in [1.54, 1.807) is 28.4 Å². The van der Waals surface area contributed by atoms with Crippen LogP contribution < -0.4 is 5.32 Å². The van der Waals surface area contributed by atoms with Crippen molar-refractivity contribution in [3.8, 4) is 0 Å². The maximum absolute atomic E-state index is 12.2. The normalized spacial score (nSPS) is 19.4. The van der Waals surface area contributed by atoms with Crippen LogP contribution in [0.5, 0.6) is 0 Å². The maximum atomic E-state index is 12.2. The number of aryl methyl sites for hydroxylation is 1. The molecule has 2 aromatic rings. The van der Waals surface area contributed by atoms with Gasteiger partial charge in [0.2, 0.25) is 0 Å². The summed E-state index contributed by atoms with van der Waals surface area (Å²) in [4.78, 5) is 18.1. The molecule has 2 unspecified atom stereocenters. The molecule has 1 aliphatic rings. The number of aromatic nitrogens is 3. The Labute approximate surface area is 122 Å². The van der Waals surface area contributed by atoms with Gasteiger partial charge in [0, 0.05) is 17.3 Å². The highest BCUT2D eigenvalue weighted by molar-refractivity contribution is 7.15. The molecule has 2 aromatic heterocycles. The summed E-state index contributed by atoms with van der Waals surface area (Å²) < 4.78 is 1.64. The molecule has 20 heavy (non-hydrogen) atoms. The number of carbonyl (C=O) groups is 1. The van der Waals surface area contributed by atoms with Crippen molar-refractivity contribution in [1.82, 2.24) is 14.8 Å². The Morgan fingerprint density at radius 2 is 2.45 bits per heavy atom. The van der Waals surface area contributed by atoms with Crippen molar-refractivity contribution in [3.05, 3.63) is 29.0 Å².